The minimum Gasteiger partial charge on any atom is -0.481 e. The second-order valence-electron chi connectivity index (χ2n) is 8.17. The predicted molar refractivity (Wildman–Crippen MR) is 105 cm³/mol. The van der Waals surface area contributed by atoms with Crippen LogP contribution in [0.4, 0.5) is 0 Å². The molecule has 0 unspecified atom stereocenters. The smallest absolute Gasteiger partial charge is 0.307 e. The Labute approximate surface area is 168 Å². The minimum absolute atomic E-state index is 0.105. The predicted octanol–water partition coefficient (Wildman–Crippen LogP) is 3.45. The lowest BCUT2D eigenvalue weighted by molar-refractivity contribution is -0.149. The quantitative estimate of drug-likeness (QED) is 0.630. The largest absolute Gasteiger partial charge is 0.481 e. The van der Waals surface area contributed by atoms with Crippen molar-refractivity contribution in [1.29, 1.82) is 0 Å². The van der Waals surface area contributed by atoms with Crippen molar-refractivity contribution in [2.45, 2.75) is 45.1 Å². The minimum atomic E-state index is -2.22. The Balaban J connectivity index is 2.36. The molecule has 3 rings (SSSR count). The SMILES string of the molecule is CC(=O)OC1(c2cc(C(C)(C)C)ccc2CC(=O)O)C(=O)c2ccccc2C1=O. The molecule has 29 heavy (non-hydrogen) atoms. The molecule has 0 radical (unpaired) electrons. The summed E-state index contributed by atoms with van der Waals surface area (Å²) in [6, 6.07) is 11.2. The molecule has 1 aliphatic rings. The molecule has 0 amide bonds. The number of carboxylic acids is 1. The molecule has 0 fully saturated rings. The first-order valence-electron chi connectivity index (χ1n) is 9.22. The van der Waals surface area contributed by atoms with Gasteiger partial charge in [-0.15, -0.1) is 0 Å². The molecule has 2 aromatic carbocycles. The van der Waals surface area contributed by atoms with Crippen molar-refractivity contribution in [1.82, 2.24) is 0 Å². The highest BCUT2D eigenvalue weighted by Crippen LogP contribution is 2.43. The molecule has 0 atom stereocenters. The third kappa shape index (κ3) is 3.35. The molecule has 0 heterocycles. The lowest BCUT2D eigenvalue weighted by Crippen LogP contribution is -2.44. The van der Waals surface area contributed by atoms with Crippen molar-refractivity contribution in [3.63, 3.8) is 0 Å². The van der Waals surface area contributed by atoms with Gasteiger partial charge in [-0.25, -0.2) is 0 Å². The lowest BCUT2D eigenvalue weighted by Gasteiger charge is -2.30. The summed E-state index contributed by atoms with van der Waals surface area (Å²) >= 11 is 0. The highest BCUT2D eigenvalue weighted by molar-refractivity contribution is 6.32. The van der Waals surface area contributed by atoms with Crippen molar-refractivity contribution < 1.29 is 29.0 Å². The molecule has 0 aliphatic heterocycles. The normalized spacial score (nSPS) is 15.2. The number of Topliss-reactive ketones (excluding diaryl/α,β-unsaturated/α-hetero) is 2. The molecule has 0 aromatic heterocycles. The van der Waals surface area contributed by atoms with Crippen LogP contribution < -0.4 is 0 Å². The van der Waals surface area contributed by atoms with Crippen LogP contribution in [0.1, 0.15) is 65.1 Å². The van der Waals surface area contributed by atoms with E-state index >= 15 is 0 Å². The summed E-state index contributed by atoms with van der Waals surface area (Å²) in [5.41, 5.74) is -1.12. The van der Waals surface area contributed by atoms with E-state index in [4.69, 9.17) is 4.74 Å². The van der Waals surface area contributed by atoms with Gasteiger partial charge < -0.3 is 9.84 Å². The van der Waals surface area contributed by atoms with Gasteiger partial charge in [0.05, 0.1) is 6.42 Å². The van der Waals surface area contributed by atoms with Gasteiger partial charge >= 0.3 is 11.9 Å². The van der Waals surface area contributed by atoms with Gasteiger partial charge in [0.15, 0.2) is 0 Å². The van der Waals surface area contributed by atoms with Gasteiger partial charge in [0.1, 0.15) is 0 Å². The van der Waals surface area contributed by atoms with E-state index in [2.05, 4.69) is 0 Å². The number of hydrogen-bond donors (Lipinski definition) is 1. The van der Waals surface area contributed by atoms with Crippen molar-refractivity contribution >= 4 is 23.5 Å². The summed E-state index contributed by atoms with van der Waals surface area (Å²) in [6.07, 6.45) is -0.417. The number of hydrogen-bond acceptors (Lipinski definition) is 5. The number of rotatable bonds is 4. The number of ether oxygens (including phenoxy) is 1. The average Bonchev–Trinajstić information content (AvgIpc) is 2.83. The molecule has 0 saturated heterocycles. The molecule has 6 nitrogen and oxygen atoms in total. The van der Waals surface area contributed by atoms with E-state index in [1.807, 2.05) is 20.8 Å². The summed E-state index contributed by atoms with van der Waals surface area (Å²) < 4.78 is 5.45. The fraction of sp³-hybridized carbons (Fsp3) is 0.304. The molecule has 0 saturated carbocycles. The lowest BCUT2D eigenvalue weighted by atomic mass is 9.79. The second-order valence-corrected chi connectivity index (χ2v) is 8.17. The van der Waals surface area contributed by atoms with Crippen LogP contribution in [0, 0.1) is 0 Å². The Morgan fingerprint density at radius 1 is 1.00 bits per heavy atom. The van der Waals surface area contributed by atoms with Gasteiger partial charge in [-0.1, -0.05) is 63.2 Å². The van der Waals surface area contributed by atoms with Gasteiger partial charge in [-0.3, -0.25) is 19.2 Å². The summed E-state index contributed by atoms with van der Waals surface area (Å²) in [4.78, 5) is 50.3. The van der Waals surface area contributed by atoms with E-state index in [9.17, 15) is 24.3 Å². The van der Waals surface area contributed by atoms with E-state index < -0.39 is 35.5 Å². The number of ketones is 2. The van der Waals surface area contributed by atoms with Gasteiger partial charge in [0.2, 0.25) is 11.6 Å². The maximum Gasteiger partial charge on any atom is 0.307 e. The van der Waals surface area contributed by atoms with Crippen molar-refractivity contribution in [2.75, 3.05) is 0 Å². The summed E-state index contributed by atoms with van der Waals surface area (Å²) in [6.45, 7) is 6.98. The Hall–Kier alpha value is -3.28. The maximum atomic E-state index is 13.4. The number of esters is 1. The third-order valence-electron chi connectivity index (χ3n) is 5.05. The van der Waals surface area contributed by atoms with Gasteiger partial charge in [0, 0.05) is 23.6 Å². The maximum absolute atomic E-state index is 13.4. The van der Waals surface area contributed by atoms with Crippen LogP contribution >= 0.6 is 0 Å². The molecule has 1 aliphatic carbocycles. The number of benzene rings is 2. The van der Waals surface area contributed by atoms with Crippen LogP contribution in [0.5, 0.6) is 0 Å². The van der Waals surface area contributed by atoms with Gasteiger partial charge in [-0.05, 0) is 16.5 Å². The molecular formula is C23H22O6. The molecule has 0 bridgehead atoms. The molecule has 6 heteroatoms. The molecule has 150 valence electrons. The van der Waals surface area contributed by atoms with Crippen LogP contribution in [0.15, 0.2) is 42.5 Å². The third-order valence-corrected chi connectivity index (χ3v) is 5.05. The number of fused-ring (bicyclic) bond motifs is 1. The molecule has 1 N–H and O–H groups in total. The van der Waals surface area contributed by atoms with Crippen LogP contribution in [0.3, 0.4) is 0 Å². The zero-order chi connectivity index (χ0) is 21.6. The molecular weight excluding hydrogens is 372 g/mol. The Bertz CT molecular complexity index is 1010. The van der Waals surface area contributed by atoms with E-state index in [0.717, 1.165) is 12.5 Å². The Kier molecular flexibility index (Phi) is 4.91. The fourth-order valence-electron chi connectivity index (χ4n) is 3.66. The van der Waals surface area contributed by atoms with Crippen LogP contribution in [0.2, 0.25) is 0 Å². The number of carboxylic acid groups (broad SMARTS) is 1. The first-order valence-corrected chi connectivity index (χ1v) is 9.22. The first-order chi connectivity index (χ1) is 13.5. The van der Waals surface area contributed by atoms with E-state index in [0.29, 0.717) is 0 Å². The van der Waals surface area contributed by atoms with Crippen molar-refractivity contribution in [3.05, 3.63) is 70.3 Å². The highest BCUT2D eigenvalue weighted by Gasteiger charge is 2.58. The summed E-state index contributed by atoms with van der Waals surface area (Å²) in [5, 5.41) is 9.36. The van der Waals surface area contributed by atoms with E-state index in [-0.39, 0.29) is 27.7 Å². The van der Waals surface area contributed by atoms with E-state index in [1.165, 1.54) is 12.1 Å². The zero-order valence-corrected chi connectivity index (χ0v) is 16.7. The number of aliphatic carboxylic acids is 1. The highest BCUT2D eigenvalue weighted by atomic mass is 16.6. The number of carbonyl (C=O) groups is 4. The zero-order valence-electron chi connectivity index (χ0n) is 16.7. The topological polar surface area (TPSA) is 97.7 Å². The second kappa shape index (κ2) is 6.95. The van der Waals surface area contributed by atoms with Gasteiger partial charge in [-0.2, -0.15) is 0 Å². The number of carbonyl (C=O) groups excluding carboxylic acids is 3. The Morgan fingerprint density at radius 2 is 1.55 bits per heavy atom. The molecule has 2 aromatic rings. The fourth-order valence-corrected chi connectivity index (χ4v) is 3.66. The van der Waals surface area contributed by atoms with E-state index in [1.54, 1.807) is 30.3 Å². The average molecular weight is 394 g/mol. The standard InChI is InChI=1S/C23H22O6/c1-13(24)29-23(20(27)16-7-5-6-8-17(16)21(23)28)18-12-15(22(2,3)4)10-9-14(18)11-19(25)26/h5-10,12H,11H2,1-4H3,(H,25,26). The van der Waals surface area contributed by atoms with Crippen LogP contribution in [-0.4, -0.2) is 28.6 Å². The van der Waals surface area contributed by atoms with Crippen molar-refractivity contribution in [3.8, 4) is 0 Å². The summed E-state index contributed by atoms with van der Waals surface area (Å²) in [7, 11) is 0. The molecule has 0 spiro atoms. The first kappa shape index (κ1) is 20.5. The van der Waals surface area contributed by atoms with Crippen LogP contribution in [0.25, 0.3) is 0 Å². The van der Waals surface area contributed by atoms with Gasteiger partial charge in [0.25, 0.3) is 5.60 Å². The van der Waals surface area contributed by atoms with Crippen molar-refractivity contribution in [2.24, 2.45) is 0 Å². The monoisotopic (exact) mass is 394 g/mol. The van der Waals surface area contributed by atoms with Crippen LogP contribution in [-0.2, 0) is 31.8 Å². The Morgan fingerprint density at radius 3 is 2.00 bits per heavy atom. The summed E-state index contributed by atoms with van der Waals surface area (Å²) in [5.74, 6) is -3.25.